The molecule has 1 saturated heterocycles. The van der Waals surface area contributed by atoms with Gasteiger partial charge in [0.05, 0.1) is 23.4 Å². The summed E-state index contributed by atoms with van der Waals surface area (Å²) in [5, 5.41) is 2.09. The molecule has 3 aromatic carbocycles. The number of carbonyl (C=O) groups excluding carboxylic acids is 1. The molecule has 3 aromatic rings. The summed E-state index contributed by atoms with van der Waals surface area (Å²) in [6.07, 6.45) is -4.60. The SMILES string of the molecule is COc1ccccc1N1CCN(Cc2ccc(C(=O)Nc3ccc(Cl)c(C(F)(F)F)c3)cc2)CC1. The largest absolute Gasteiger partial charge is 0.495 e. The quantitative estimate of drug-likeness (QED) is 0.452. The summed E-state index contributed by atoms with van der Waals surface area (Å²) in [5.41, 5.74) is 1.55. The first-order chi connectivity index (χ1) is 16.7. The van der Waals surface area contributed by atoms with Crippen LogP contribution in [0.2, 0.25) is 5.02 Å². The number of nitrogens with one attached hydrogen (secondary N) is 1. The van der Waals surface area contributed by atoms with Crippen LogP contribution in [0.4, 0.5) is 24.5 Å². The number of carbonyl (C=O) groups is 1. The molecule has 4 rings (SSSR count). The van der Waals surface area contributed by atoms with Gasteiger partial charge in [-0.3, -0.25) is 9.69 Å². The molecule has 0 atom stereocenters. The van der Waals surface area contributed by atoms with Gasteiger partial charge in [0.2, 0.25) is 0 Å². The van der Waals surface area contributed by atoms with Crippen LogP contribution in [0.15, 0.2) is 66.7 Å². The number of alkyl halides is 3. The van der Waals surface area contributed by atoms with Crippen LogP contribution >= 0.6 is 11.6 Å². The average Bonchev–Trinajstić information content (AvgIpc) is 2.85. The molecule has 0 bridgehead atoms. The molecular formula is C26H25ClF3N3O2. The zero-order chi connectivity index (χ0) is 25.0. The lowest BCUT2D eigenvalue weighted by molar-refractivity contribution is -0.137. The van der Waals surface area contributed by atoms with Crippen LogP contribution in [0, 0.1) is 0 Å². The van der Waals surface area contributed by atoms with Gasteiger partial charge in [-0.15, -0.1) is 0 Å². The first kappa shape index (κ1) is 24.9. The van der Waals surface area contributed by atoms with Crippen molar-refractivity contribution in [1.29, 1.82) is 0 Å². The van der Waals surface area contributed by atoms with E-state index in [1.807, 2.05) is 30.3 Å². The van der Waals surface area contributed by atoms with E-state index < -0.39 is 22.7 Å². The monoisotopic (exact) mass is 503 g/mol. The van der Waals surface area contributed by atoms with E-state index >= 15 is 0 Å². The number of rotatable bonds is 6. The maximum absolute atomic E-state index is 13.1. The Bertz CT molecular complexity index is 1180. The second kappa shape index (κ2) is 10.6. The van der Waals surface area contributed by atoms with Crippen LogP contribution < -0.4 is 15.0 Å². The number of amides is 1. The molecule has 1 fully saturated rings. The van der Waals surface area contributed by atoms with Gasteiger partial charge in [0.15, 0.2) is 0 Å². The van der Waals surface area contributed by atoms with Crippen LogP contribution in [0.5, 0.6) is 5.75 Å². The third-order valence-electron chi connectivity index (χ3n) is 5.95. The van der Waals surface area contributed by atoms with E-state index in [-0.39, 0.29) is 5.69 Å². The van der Waals surface area contributed by atoms with Crippen LogP contribution in [-0.4, -0.2) is 44.1 Å². The van der Waals surface area contributed by atoms with Crippen LogP contribution in [0.3, 0.4) is 0 Å². The fourth-order valence-electron chi connectivity index (χ4n) is 4.08. The molecule has 0 aromatic heterocycles. The molecule has 1 N–H and O–H groups in total. The number of methoxy groups -OCH3 is 1. The molecule has 5 nitrogen and oxygen atoms in total. The topological polar surface area (TPSA) is 44.8 Å². The molecule has 0 unspecified atom stereocenters. The number of hydrogen-bond donors (Lipinski definition) is 1. The Morgan fingerprint density at radius 3 is 2.34 bits per heavy atom. The molecule has 9 heteroatoms. The Labute approximate surface area is 207 Å². The summed E-state index contributed by atoms with van der Waals surface area (Å²) in [6.45, 7) is 4.27. The second-order valence-electron chi connectivity index (χ2n) is 8.28. The van der Waals surface area contributed by atoms with Gasteiger partial charge in [0.1, 0.15) is 5.75 Å². The molecule has 1 aliphatic rings. The molecule has 1 heterocycles. The number of para-hydroxylation sites is 2. The lowest BCUT2D eigenvalue weighted by Gasteiger charge is -2.36. The van der Waals surface area contributed by atoms with Crippen molar-refractivity contribution in [3.63, 3.8) is 0 Å². The number of benzene rings is 3. The van der Waals surface area contributed by atoms with Gasteiger partial charge in [0.25, 0.3) is 5.91 Å². The van der Waals surface area contributed by atoms with Gasteiger partial charge in [-0.05, 0) is 48.0 Å². The number of piperazine rings is 1. The normalized spacial score (nSPS) is 14.6. The first-order valence-electron chi connectivity index (χ1n) is 11.1. The summed E-state index contributed by atoms with van der Waals surface area (Å²) in [6, 6.07) is 18.4. The van der Waals surface area contributed by atoms with Crippen molar-refractivity contribution in [2.24, 2.45) is 0 Å². The Morgan fingerprint density at radius 1 is 1.00 bits per heavy atom. The Morgan fingerprint density at radius 2 is 1.69 bits per heavy atom. The van der Waals surface area contributed by atoms with E-state index in [0.29, 0.717) is 5.56 Å². The van der Waals surface area contributed by atoms with Crippen molar-refractivity contribution in [3.05, 3.63) is 88.4 Å². The van der Waals surface area contributed by atoms with Crippen molar-refractivity contribution in [3.8, 4) is 5.75 Å². The highest BCUT2D eigenvalue weighted by atomic mass is 35.5. The molecule has 0 radical (unpaired) electrons. The molecular weight excluding hydrogens is 479 g/mol. The molecule has 0 aliphatic carbocycles. The lowest BCUT2D eigenvalue weighted by Crippen LogP contribution is -2.46. The summed E-state index contributed by atoms with van der Waals surface area (Å²) < 4.78 is 44.6. The Balaban J connectivity index is 1.33. The maximum Gasteiger partial charge on any atom is 0.417 e. The average molecular weight is 504 g/mol. The summed E-state index contributed by atoms with van der Waals surface area (Å²) in [7, 11) is 1.67. The molecule has 0 saturated carbocycles. The van der Waals surface area contributed by atoms with E-state index in [2.05, 4.69) is 21.2 Å². The second-order valence-corrected chi connectivity index (χ2v) is 8.69. The fraction of sp³-hybridized carbons (Fsp3) is 0.269. The van der Waals surface area contributed by atoms with E-state index in [1.54, 1.807) is 19.2 Å². The number of ether oxygens (including phenoxy) is 1. The van der Waals surface area contributed by atoms with Crippen molar-refractivity contribution >= 4 is 28.9 Å². The van der Waals surface area contributed by atoms with Crippen LogP contribution in [-0.2, 0) is 12.7 Å². The molecule has 1 amide bonds. The minimum Gasteiger partial charge on any atom is -0.495 e. The molecule has 35 heavy (non-hydrogen) atoms. The van der Waals surface area contributed by atoms with E-state index in [0.717, 1.165) is 61.9 Å². The van der Waals surface area contributed by atoms with Gasteiger partial charge in [-0.2, -0.15) is 13.2 Å². The molecule has 184 valence electrons. The Kier molecular flexibility index (Phi) is 7.52. The third kappa shape index (κ3) is 6.07. The molecule has 0 spiro atoms. The van der Waals surface area contributed by atoms with Gasteiger partial charge in [-0.25, -0.2) is 0 Å². The summed E-state index contributed by atoms with van der Waals surface area (Å²) >= 11 is 5.64. The molecule has 1 aliphatic heterocycles. The predicted molar refractivity (Wildman–Crippen MR) is 131 cm³/mol. The summed E-state index contributed by atoms with van der Waals surface area (Å²) in [5.74, 6) is 0.375. The summed E-state index contributed by atoms with van der Waals surface area (Å²) in [4.78, 5) is 17.2. The van der Waals surface area contributed by atoms with Crippen molar-refractivity contribution < 1.29 is 22.7 Å². The fourth-order valence-corrected chi connectivity index (χ4v) is 4.31. The zero-order valence-corrected chi connectivity index (χ0v) is 19.9. The van der Waals surface area contributed by atoms with Gasteiger partial charge >= 0.3 is 6.18 Å². The standard InChI is InChI=1S/C26H25ClF3N3O2/c1-35-24-5-3-2-4-23(24)33-14-12-32(13-15-33)17-18-6-8-19(9-7-18)25(34)31-20-10-11-22(27)21(16-20)26(28,29)30/h2-11,16H,12-15,17H2,1H3,(H,31,34). The highest BCUT2D eigenvalue weighted by Crippen LogP contribution is 2.36. The van der Waals surface area contributed by atoms with Crippen molar-refractivity contribution in [1.82, 2.24) is 4.90 Å². The van der Waals surface area contributed by atoms with E-state index in [4.69, 9.17) is 16.3 Å². The lowest BCUT2D eigenvalue weighted by atomic mass is 10.1. The predicted octanol–water partition coefficient (Wildman–Crippen LogP) is 5.94. The van der Waals surface area contributed by atoms with Crippen LogP contribution in [0.25, 0.3) is 0 Å². The number of halogens is 4. The minimum absolute atomic E-state index is 0.0312. The number of anilines is 2. The zero-order valence-electron chi connectivity index (χ0n) is 19.1. The smallest absolute Gasteiger partial charge is 0.417 e. The highest BCUT2D eigenvalue weighted by molar-refractivity contribution is 6.31. The van der Waals surface area contributed by atoms with Gasteiger partial charge in [0, 0.05) is 44.0 Å². The number of nitrogens with zero attached hydrogens (tertiary/aromatic N) is 2. The van der Waals surface area contributed by atoms with E-state index in [9.17, 15) is 18.0 Å². The highest BCUT2D eigenvalue weighted by Gasteiger charge is 2.33. The Hall–Kier alpha value is -3.23. The maximum atomic E-state index is 13.1. The number of hydrogen-bond acceptors (Lipinski definition) is 4. The van der Waals surface area contributed by atoms with Crippen LogP contribution in [0.1, 0.15) is 21.5 Å². The van der Waals surface area contributed by atoms with Gasteiger partial charge < -0.3 is 15.0 Å². The van der Waals surface area contributed by atoms with Crippen molar-refractivity contribution in [2.75, 3.05) is 43.5 Å². The van der Waals surface area contributed by atoms with Gasteiger partial charge in [-0.1, -0.05) is 35.9 Å². The van der Waals surface area contributed by atoms with Crippen molar-refractivity contribution in [2.45, 2.75) is 12.7 Å². The first-order valence-corrected chi connectivity index (χ1v) is 11.5. The third-order valence-corrected chi connectivity index (χ3v) is 6.28. The van der Waals surface area contributed by atoms with E-state index in [1.165, 1.54) is 6.07 Å². The minimum atomic E-state index is -4.60.